The fraction of sp³-hybridized carbons (Fsp3) is 0.182. The number of carbonyl (C=O) groups is 1. The smallest absolute Gasteiger partial charge is 0.141 e. The third-order valence-electron chi connectivity index (χ3n) is 1.73. The molecule has 0 bridgehead atoms. The van der Waals surface area contributed by atoms with Crippen LogP contribution in [-0.4, -0.2) is 5.78 Å². The van der Waals surface area contributed by atoms with E-state index in [4.69, 9.17) is 0 Å². The molecule has 0 unspecified atom stereocenters. The highest BCUT2D eigenvalue weighted by atomic mass is 32.1. The molecule has 0 saturated heterocycles. The molecule has 68 valence electrons. The van der Waals surface area contributed by atoms with Crippen LogP contribution in [0.5, 0.6) is 0 Å². The van der Waals surface area contributed by atoms with E-state index < -0.39 is 0 Å². The Morgan fingerprint density at radius 1 is 1.54 bits per heavy atom. The second-order valence-corrected chi connectivity index (χ2v) is 3.71. The molecule has 0 aromatic carbocycles. The summed E-state index contributed by atoms with van der Waals surface area (Å²) < 4.78 is 0. The van der Waals surface area contributed by atoms with Crippen molar-refractivity contribution in [1.29, 1.82) is 0 Å². The molecule has 0 radical (unpaired) electrons. The summed E-state index contributed by atoms with van der Waals surface area (Å²) in [6, 6.07) is 1.98. The zero-order chi connectivity index (χ0) is 9.68. The molecule has 13 heavy (non-hydrogen) atoms. The summed E-state index contributed by atoms with van der Waals surface area (Å²) in [7, 11) is 0. The Morgan fingerprint density at radius 3 is 2.92 bits per heavy atom. The van der Waals surface area contributed by atoms with E-state index in [1.165, 1.54) is 0 Å². The van der Waals surface area contributed by atoms with E-state index in [-0.39, 0.29) is 5.78 Å². The average molecular weight is 192 g/mol. The molecular weight excluding hydrogens is 180 g/mol. The van der Waals surface area contributed by atoms with Crippen molar-refractivity contribution in [2.24, 2.45) is 0 Å². The van der Waals surface area contributed by atoms with Gasteiger partial charge in [-0.25, -0.2) is 0 Å². The summed E-state index contributed by atoms with van der Waals surface area (Å²) in [5.41, 5.74) is 1.07. The van der Waals surface area contributed by atoms with Crippen LogP contribution in [0, 0.1) is 0 Å². The molecule has 1 nitrogen and oxygen atoms in total. The second kappa shape index (κ2) is 4.77. The van der Waals surface area contributed by atoms with Gasteiger partial charge in [0, 0.05) is 17.7 Å². The molecule has 0 spiro atoms. The number of carbonyl (C=O) groups excluding carboxylic acids is 1. The lowest BCUT2D eigenvalue weighted by molar-refractivity contribution is -0.117. The number of ketones is 1. The van der Waals surface area contributed by atoms with E-state index in [1.54, 1.807) is 23.5 Å². The highest BCUT2D eigenvalue weighted by Crippen LogP contribution is 2.18. The van der Waals surface area contributed by atoms with Gasteiger partial charge in [0.15, 0.2) is 0 Å². The number of hydrogen-bond acceptors (Lipinski definition) is 2. The molecule has 0 amide bonds. The SMILES string of the molecule is C=CCC(=O)Cc1sccc1C=C. The molecule has 1 aromatic heterocycles. The van der Waals surface area contributed by atoms with E-state index in [0.29, 0.717) is 12.8 Å². The first-order valence-electron chi connectivity index (χ1n) is 4.09. The van der Waals surface area contributed by atoms with E-state index in [9.17, 15) is 4.79 Å². The predicted octanol–water partition coefficient (Wildman–Crippen LogP) is 3.08. The molecule has 0 aliphatic heterocycles. The Bertz CT molecular complexity index is 323. The Labute approximate surface area is 82.4 Å². The lowest BCUT2D eigenvalue weighted by atomic mass is 10.1. The Hall–Kier alpha value is -1.15. The molecule has 0 aliphatic carbocycles. The fourth-order valence-corrected chi connectivity index (χ4v) is 2.00. The van der Waals surface area contributed by atoms with Gasteiger partial charge < -0.3 is 0 Å². The quantitative estimate of drug-likeness (QED) is 0.655. The van der Waals surface area contributed by atoms with E-state index in [0.717, 1.165) is 10.4 Å². The van der Waals surface area contributed by atoms with Gasteiger partial charge in [-0.15, -0.1) is 17.9 Å². The third kappa shape index (κ3) is 2.67. The first-order valence-corrected chi connectivity index (χ1v) is 4.97. The lowest BCUT2D eigenvalue weighted by Gasteiger charge is -1.96. The van der Waals surface area contributed by atoms with Crippen LogP contribution in [0.3, 0.4) is 0 Å². The standard InChI is InChI=1S/C11H12OS/c1-3-5-10(12)8-11-9(4-2)6-7-13-11/h3-4,6-7H,1-2,5,8H2. The number of rotatable bonds is 5. The van der Waals surface area contributed by atoms with Gasteiger partial charge in [0.2, 0.25) is 0 Å². The molecule has 0 saturated carbocycles. The predicted molar refractivity (Wildman–Crippen MR) is 57.9 cm³/mol. The average Bonchev–Trinajstić information content (AvgIpc) is 2.52. The van der Waals surface area contributed by atoms with E-state index in [1.807, 2.05) is 11.4 Å². The van der Waals surface area contributed by atoms with Crippen molar-refractivity contribution in [2.75, 3.05) is 0 Å². The minimum Gasteiger partial charge on any atom is -0.299 e. The van der Waals surface area contributed by atoms with Gasteiger partial charge in [0.1, 0.15) is 5.78 Å². The van der Waals surface area contributed by atoms with Gasteiger partial charge >= 0.3 is 0 Å². The van der Waals surface area contributed by atoms with Crippen LogP contribution >= 0.6 is 11.3 Å². The molecule has 1 heterocycles. The minimum atomic E-state index is 0.209. The first kappa shape index (κ1) is 9.93. The summed E-state index contributed by atoms with van der Waals surface area (Å²) in [4.78, 5) is 12.4. The van der Waals surface area contributed by atoms with Crippen molar-refractivity contribution in [1.82, 2.24) is 0 Å². The summed E-state index contributed by atoms with van der Waals surface area (Å²) in [5, 5.41) is 1.98. The summed E-state index contributed by atoms with van der Waals surface area (Å²) in [6.45, 7) is 7.23. The van der Waals surface area contributed by atoms with Crippen LogP contribution in [0.15, 0.2) is 30.7 Å². The summed E-state index contributed by atoms with van der Waals surface area (Å²) in [6.07, 6.45) is 4.38. The van der Waals surface area contributed by atoms with Crippen molar-refractivity contribution >= 4 is 23.2 Å². The Balaban J connectivity index is 2.67. The minimum absolute atomic E-state index is 0.209. The molecule has 1 rings (SSSR count). The molecular formula is C11H12OS. The van der Waals surface area contributed by atoms with Crippen molar-refractivity contribution in [3.8, 4) is 0 Å². The van der Waals surface area contributed by atoms with Gasteiger partial charge in [-0.3, -0.25) is 4.79 Å². The number of Topliss-reactive ketones (excluding diaryl/α,β-unsaturated/α-hetero) is 1. The van der Waals surface area contributed by atoms with Gasteiger partial charge in [-0.2, -0.15) is 0 Å². The van der Waals surface area contributed by atoms with Crippen molar-refractivity contribution in [2.45, 2.75) is 12.8 Å². The van der Waals surface area contributed by atoms with Crippen molar-refractivity contribution in [3.63, 3.8) is 0 Å². The zero-order valence-electron chi connectivity index (χ0n) is 7.45. The number of thiophene rings is 1. The summed E-state index contributed by atoms with van der Waals surface area (Å²) in [5.74, 6) is 0.209. The molecule has 0 atom stereocenters. The van der Waals surface area contributed by atoms with Gasteiger partial charge in [-0.1, -0.05) is 18.7 Å². The molecule has 0 aliphatic rings. The maximum Gasteiger partial charge on any atom is 0.141 e. The largest absolute Gasteiger partial charge is 0.299 e. The van der Waals surface area contributed by atoms with Gasteiger partial charge in [0.05, 0.1) is 0 Å². The molecule has 0 N–H and O–H groups in total. The van der Waals surface area contributed by atoms with E-state index >= 15 is 0 Å². The monoisotopic (exact) mass is 192 g/mol. The normalized spacial score (nSPS) is 9.54. The topological polar surface area (TPSA) is 17.1 Å². The van der Waals surface area contributed by atoms with Gasteiger partial charge in [0.25, 0.3) is 0 Å². The summed E-state index contributed by atoms with van der Waals surface area (Å²) >= 11 is 1.60. The van der Waals surface area contributed by atoms with Crippen molar-refractivity contribution < 1.29 is 4.79 Å². The fourth-order valence-electron chi connectivity index (χ4n) is 1.09. The molecule has 2 heteroatoms. The molecule has 0 fully saturated rings. The van der Waals surface area contributed by atoms with Crippen LogP contribution in [-0.2, 0) is 11.2 Å². The lowest BCUT2D eigenvalue weighted by Crippen LogP contribution is -1.99. The second-order valence-electron chi connectivity index (χ2n) is 2.71. The molecule has 1 aromatic rings. The third-order valence-corrected chi connectivity index (χ3v) is 2.67. The van der Waals surface area contributed by atoms with Crippen LogP contribution in [0.25, 0.3) is 6.08 Å². The maximum absolute atomic E-state index is 11.3. The number of hydrogen-bond donors (Lipinski definition) is 0. The maximum atomic E-state index is 11.3. The Kier molecular flexibility index (Phi) is 3.65. The first-order chi connectivity index (χ1) is 6.27. The number of allylic oxidation sites excluding steroid dienone is 1. The van der Waals surface area contributed by atoms with Crippen LogP contribution in [0.4, 0.5) is 0 Å². The van der Waals surface area contributed by atoms with Crippen molar-refractivity contribution in [3.05, 3.63) is 41.1 Å². The highest BCUT2D eigenvalue weighted by molar-refractivity contribution is 7.10. The highest BCUT2D eigenvalue weighted by Gasteiger charge is 2.05. The van der Waals surface area contributed by atoms with E-state index in [2.05, 4.69) is 13.2 Å². The van der Waals surface area contributed by atoms with Crippen LogP contribution < -0.4 is 0 Å². The van der Waals surface area contributed by atoms with Crippen LogP contribution in [0.2, 0.25) is 0 Å². The Morgan fingerprint density at radius 2 is 2.31 bits per heavy atom. The van der Waals surface area contributed by atoms with Gasteiger partial charge in [-0.05, 0) is 17.0 Å². The zero-order valence-corrected chi connectivity index (χ0v) is 8.27. The van der Waals surface area contributed by atoms with Crippen LogP contribution in [0.1, 0.15) is 16.9 Å².